The van der Waals surface area contributed by atoms with Crippen molar-refractivity contribution in [1.82, 2.24) is 0 Å². The van der Waals surface area contributed by atoms with Crippen LogP contribution < -0.4 is 0 Å². The predicted molar refractivity (Wildman–Crippen MR) is 58.4 cm³/mol. The zero-order valence-electron chi connectivity index (χ0n) is 8.31. The van der Waals surface area contributed by atoms with Crippen LogP contribution in [-0.2, 0) is 10.8 Å². The van der Waals surface area contributed by atoms with Crippen molar-refractivity contribution >= 4 is 10.8 Å². The Morgan fingerprint density at radius 3 is 2.43 bits per heavy atom. The number of hydrogen-bond donors (Lipinski definition) is 1. The molecule has 1 rings (SSSR count). The number of benzene rings is 1. The van der Waals surface area contributed by atoms with Gasteiger partial charge in [0.2, 0.25) is 0 Å². The van der Waals surface area contributed by atoms with E-state index in [-0.39, 0.29) is 0 Å². The summed E-state index contributed by atoms with van der Waals surface area (Å²) in [5.41, 5.74) is 1.14. The van der Waals surface area contributed by atoms with Crippen LogP contribution in [-0.4, -0.2) is 15.4 Å². The molecule has 1 aromatic carbocycles. The topological polar surface area (TPSA) is 37.3 Å². The van der Waals surface area contributed by atoms with Gasteiger partial charge in [0, 0.05) is 10.3 Å². The second-order valence-corrected chi connectivity index (χ2v) is 4.52. The molecular weight excluding hydrogens is 196 g/mol. The number of aliphatic hydroxyl groups is 1. The van der Waals surface area contributed by atoms with Gasteiger partial charge in [-0.3, -0.25) is 0 Å². The maximum Gasteiger partial charge on any atom is 0.0773 e. The van der Waals surface area contributed by atoms with E-state index in [0.29, 0.717) is 0 Å². The fourth-order valence-electron chi connectivity index (χ4n) is 0.936. The number of aliphatic hydroxyl groups excluding tert-OH is 1. The van der Waals surface area contributed by atoms with Crippen molar-refractivity contribution < 1.29 is 9.32 Å². The van der Waals surface area contributed by atoms with Gasteiger partial charge in [-0.05, 0) is 32.1 Å². The van der Waals surface area contributed by atoms with E-state index in [1.54, 1.807) is 6.92 Å². The van der Waals surface area contributed by atoms with Gasteiger partial charge in [-0.15, -0.1) is 0 Å². The number of hydrogen-bond acceptors (Lipinski definition) is 2. The fraction of sp³-hybridized carbons (Fsp3) is 0.273. The molecule has 0 aliphatic heterocycles. The zero-order valence-corrected chi connectivity index (χ0v) is 9.12. The standard InChI is InChI=1S/C11H14O2S/c1-9-3-5-11(6-4-9)14(13)8-7-10(2)12/h3-8,10,12H,1-2H3/b8-7+/t10-,14?/m0/s1. The first kappa shape index (κ1) is 11.1. The lowest BCUT2D eigenvalue weighted by Crippen LogP contribution is -1.94. The lowest BCUT2D eigenvalue weighted by molar-refractivity contribution is 0.244. The van der Waals surface area contributed by atoms with Crippen molar-refractivity contribution in [2.45, 2.75) is 24.8 Å². The molecule has 0 radical (unpaired) electrons. The maximum atomic E-state index is 11.6. The summed E-state index contributed by atoms with van der Waals surface area (Å²) in [7, 11) is -1.15. The molecule has 3 heteroatoms. The van der Waals surface area contributed by atoms with Gasteiger partial charge >= 0.3 is 0 Å². The molecule has 0 aromatic heterocycles. The van der Waals surface area contributed by atoms with E-state index < -0.39 is 16.9 Å². The average molecular weight is 210 g/mol. The molecule has 0 spiro atoms. The molecule has 2 nitrogen and oxygen atoms in total. The molecule has 0 fully saturated rings. The van der Waals surface area contributed by atoms with E-state index in [9.17, 15) is 4.21 Å². The second kappa shape index (κ2) is 5.08. The lowest BCUT2D eigenvalue weighted by atomic mass is 10.2. The van der Waals surface area contributed by atoms with Crippen LogP contribution in [0.2, 0.25) is 0 Å². The Morgan fingerprint density at radius 1 is 1.36 bits per heavy atom. The highest BCUT2D eigenvalue weighted by Gasteiger charge is 1.98. The summed E-state index contributed by atoms with van der Waals surface area (Å²) >= 11 is 0. The minimum Gasteiger partial charge on any atom is -0.389 e. The molecule has 76 valence electrons. The van der Waals surface area contributed by atoms with E-state index in [0.717, 1.165) is 10.5 Å². The highest BCUT2D eigenvalue weighted by Crippen LogP contribution is 2.09. The predicted octanol–water partition coefficient (Wildman–Crippen LogP) is 2.00. The van der Waals surface area contributed by atoms with Crippen molar-refractivity contribution in [2.24, 2.45) is 0 Å². The van der Waals surface area contributed by atoms with Crippen LogP contribution in [0.1, 0.15) is 12.5 Å². The fourth-order valence-corrected chi connectivity index (χ4v) is 1.87. The second-order valence-electron chi connectivity index (χ2n) is 3.18. The summed E-state index contributed by atoms with van der Waals surface area (Å²) in [6.45, 7) is 3.61. The lowest BCUT2D eigenvalue weighted by Gasteiger charge is -1.98. The Bertz CT molecular complexity index is 339. The van der Waals surface area contributed by atoms with E-state index in [1.807, 2.05) is 31.2 Å². The van der Waals surface area contributed by atoms with Gasteiger partial charge in [0.25, 0.3) is 0 Å². The third kappa shape index (κ3) is 3.44. The molecule has 0 heterocycles. The normalized spacial score (nSPS) is 15.6. The maximum absolute atomic E-state index is 11.6. The quantitative estimate of drug-likeness (QED) is 0.828. The molecule has 0 saturated heterocycles. The van der Waals surface area contributed by atoms with Gasteiger partial charge in [-0.2, -0.15) is 0 Å². The SMILES string of the molecule is Cc1ccc(S(=O)/C=C/[C@H](C)O)cc1. The van der Waals surface area contributed by atoms with Crippen molar-refractivity contribution in [3.63, 3.8) is 0 Å². The van der Waals surface area contributed by atoms with Gasteiger partial charge in [0.15, 0.2) is 0 Å². The summed E-state index contributed by atoms with van der Waals surface area (Å²) in [4.78, 5) is 0.757. The molecule has 0 saturated carbocycles. The van der Waals surface area contributed by atoms with Crippen molar-refractivity contribution in [1.29, 1.82) is 0 Å². The van der Waals surface area contributed by atoms with Crippen LogP contribution in [0, 0.1) is 6.92 Å². The summed E-state index contributed by atoms with van der Waals surface area (Å²) in [5.74, 6) is 0. The first-order valence-electron chi connectivity index (χ1n) is 4.43. The van der Waals surface area contributed by atoms with E-state index >= 15 is 0 Å². The molecular formula is C11H14O2S. The summed E-state index contributed by atoms with van der Waals surface area (Å²) in [6, 6.07) is 7.50. The summed E-state index contributed by atoms with van der Waals surface area (Å²) in [5, 5.41) is 10.5. The average Bonchev–Trinajstić information content (AvgIpc) is 2.15. The Kier molecular flexibility index (Phi) is 4.04. The Morgan fingerprint density at radius 2 is 1.93 bits per heavy atom. The molecule has 1 N–H and O–H groups in total. The van der Waals surface area contributed by atoms with Crippen molar-refractivity contribution in [3.05, 3.63) is 41.3 Å². The highest BCUT2D eigenvalue weighted by molar-refractivity contribution is 7.88. The molecule has 1 aromatic rings. The van der Waals surface area contributed by atoms with Gasteiger partial charge in [-0.1, -0.05) is 17.7 Å². The Balaban J connectivity index is 2.75. The first-order valence-corrected chi connectivity index (χ1v) is 5.64. The molecule has 0 bridgehead atoms. The van der Waals surface area contributed by atoms with Crippen LogP contribution in [0.25, 0.3) is 0 Å². The van der Waals surface area contributed by atoms with E-state index in [2.05, 4.69) is 0 Å². The Hall–Kier alpha value is -0.930. The molecule has 2 atom stereocenters. The monoisotopic (exact) mass is 210 g/mol. The molecule has 1 unspecified atom stereocenters. The highest BCUT2D eigenvalue weighted by atomic mass is 32.2. The van der Waals surface area contributed by atoms with Crippen molar-refractivity contribution in [3.8, 4) is 0 Å². The summed E-state index contributed by atoms with van der Waals surface area (Å²) in [6.07, 6.45) is 0.972. The van der Waals surface area contributed by atoms with Crippen LogP contribution in [0.15, 0.2) is 40.6 Å². The molecule has 0 aliphatic carbocycles. The minimum absolute atomic E-state index is 0.551. The van der Waals surface area contributed by atoms with Crippen LogP contribution in [0.3, 0.4) is 0 Å². The largest absolute Gasteiger partial charge is 0.389 e. The molecule has 14 heavy (non-hydrogen) atoms. The summed E-state index contributed by atoms with van der Waals surface area (Å²) < 4.78 is 11.6. The van der Waals surface area contributed by atoms with Crippen LogP contribution in [0.4, 0.5) is 0 Å². The van der Waals surface area contributed by atoms with Crippen molar-refractivity contribution in [2.75, 3.05) is 0 Å². The van der Waals surface area contributed by atoms with Crippen LogP contribution >= 0.6 is 0 Å². The first-order chi connectivity index (χ1) is 6.59. The van der Waals surface area contributed by atoms with Gasteiger partial charge in [0.1, 0.15) is 0 Å². The number of rotatable bonds is 3. The minimum atomic E-state index is -1.15. The van der Waals surface area contributed by atoms with Gasteiger partial charge in [-0.25, -0.2) is 4.21 Å². The Labute approximate surface area is 86.7 Å². The van der Waals surface area contributed by atoms with E-state index in [1.165, 1.54) is 11.5 Å². The molecule has 0 aliphatic rings. The van der Waals surface area contributed by atoms with E-state index in [4.69, 9.17) is 5.11 Å². The smallest absolute Gasteiger partial charge is 0.0773 e. The van der Waals surface area contributed by atoms with Gasteiger partial charge in [0.05, 0.1) is 16.9 Å². The number of aryl methyl sites for hydroxylation is 1. The van der Waals surface area contributed by atoms with Crippen LogP contribution in [0.5, 0.6) is 0 Å². The van der Waals surface area contributed by atoms with Gasteiger partial charge < -0.3 is 5.11 Å². The third-order valence-corrected chi connectivity index (χ3v) is 2.88. The molecule has 0 amide bonds. The third-order valence-electron chi connectivity index (χ3n) is 1.73. The zero-order chi connectivity index (χ0) is 10.6.